The van der Waals surface area contributed by atoms with E-state index < -0.39 is 0 Å². The lowest BCUT2D eigenvalue weighted by Gasteiger charge is -2.15. The monoisotopic (exact) mass is 276 g/mol. The second-order valence-electron chi connectivity index (χ2n) is 4.64. The first-order chi connectivity index (χ1) is 9.06. The lowest BCUT2D eigenvalue weighted by atomic mass is 10.0. The Labute approximate surface area is 118 Å². The summed E-state index contributed by atoms with van der Waals surface area (Å²) < 4.78 is 5.31. The molecule has 2 aromatic rings. The van der Waals surface area contributed by atoms with Crippen molar-refractivity contribution >= 4 is 11.3 Å². The first kappa shape index (κ1) is 14.0. The van der Waals surface area contributed by atoms with Gasteiger partial charge in [-0.15, -0.1) is 11.3 Å². The minimum atomic E-state index is 0.141. The van der Waals surface area contributed by atoms with Crippen LogP contribution in [0.25, 0.3) is 0 Å². The minimum Gasteiger partial charge on any atom is -0.496 e. The number of nitrogens with zero attached hydrogens (tertiary/aromatic N) is 1. The van der Waals surface area contributed by atoms with Gasteiger partial charge < -0.3 is 10.1 Å². The van der Waals surface area contributed by atoms with E-state index in [4.69, 9.17) is 4.74 Å². The van der Waals surface area contributed by atoms with Gasteiger partial charge in [0.15, 0.2) is 0 Å². The molecular weight excluding hydrogens is 256 g/mol. The van der Waals surface area contributed by atoms with Gasteiger partial charge in [0.25, 0.3) is 0 Å². The molecular formula is C15H20N2OS. The second kappa shape index (κ2) is 5.72. The number of ether oxygens (including phenoxy) is 1. The third-order valence-corrected chi connectivity index (χ3v) is 4.47. The molecule has 19 heavy (non-hydrogen) atoms. The normalized spacial score (nSPS) is 12.5. The number of hydrogen-bond acceptors (Lipinski definition) is 4. The third-order valence-electron chi connectivity index (χ3n) is 3.33. The quantitative estimate of drug-likeness (QED) is 0.929. The highest BCUT2D eigenvalue weighted by Gasteiger charge is 2.17. The van der Waals surface area contributed by atoms with Crippen molar-refractivity contribution < 1.29 is 4.74 Å². The Hall–Kier alpha value is -1.39. The summed E-state index contributed by atoms with van der Waals surface area (Å²) in [5, 5.41) is 4.46. The molecule has 1 atom stereocenters. The highest BCUT2D eigenvalue weighted by molar-refractivity contribution is 7.11. The van der Waals surface area contributed by atoms with E-state index in [-0.39, 0.29) is 6.04 Å². The van der Waals surface area contributed by atoms with E-state index in [1.54, 1.807) is 18.4 Å². The summed E-state index contributed by atoms with van der Waals surface area (Å²) in [6.45, 7) is 6.23. The number of thiazole rings is 1. The summed E-state index contributed by atoms with van der Waals surface area (Å²) in [5.41, 5.74) is 3.48. The van der Waals surface area contributed by atoms with Crippen LogP contribution in [-0.2, 0) is 0 Å². The molecule has 1 unspecified atom stereocenters. The van der Waals surface area contributed by atoms with E-state index >= 15 is 0 Å². The zero-order valence-electron chi connectivity index (χ0n) is 12.1. The van der Waals surface area contributed by atoms with Crippen LogP contribution in [0.5, 0.6) is 5.75 Å². The van der Waals surface area contributed by atoms with Gasteiger partial charge in [-0.2, -0.15) is 0 Å². The van der Waals surface area contributed by atoms with E-state index in [2.05, 4.69) is 43.2 Å². The van der Waals surface area contributed by atoms with Gasteiger partial charge in [0.05, 0.1) is 18.8 Å². The predicted molar refractivity (Wildman–Crippen MR) is 80.2 cm³/mol. The molecule has 0 bridgehead atoms. The Bertz CT molecular complexity index is 558. The van der Waals surface area contributed by atoms with E-state index in [1.807, 2.05) is 13.1 Å². The van der Waals surface area contributed by atoms with Crippen molar-refractivity contribution in [2.75, 3.05) is 14.2 Å². The van der Waals surface area contributed by atoms with Gasteiger partial charge in [-0.05, 0) is 45.0 Å². The van der Waals surface area contributed by atoms with Gasteiger partial charge in [-0.25, -0.2) is 4.98 Å². The number of aryl methyl sites for hydroxylation is 3. The Balaban J connectivity index is 2.39. The molecule has 0 aliphatic carbocycles. The van der Waals surface area contributed by atoms with Gasteiger partial charge in [-0.3, -0.25) is 0 Å². The van der Waals surface area contributed by atoms with E-state index in [0.717, 1.165) is 22.0 Å². The van der Waals surface area contributed by atoms with Gasteiger partial charge >= 0.3 is 0 Å². The SMILES string of the molecule is CNC(c1ccc(OC)c(C)c1)c1nc(C)c(C)s1. The molecule has 0 saturated heterocycles. The highest BCUT2D eigenvalue weighted by atomic mass is 32.1. The van der Waals surface area contributed by atoms with Crippen molar-refractivity contribution in [3.8, 4) is 5.75 Å². The lowest BCUT2D eigenvalue weighted by molar-refractivity contribution is 0.411. The molecule has 3 nitrogen and oxygen atoms in total. The number of hydrogen-bond donors (Lipinski definition) is 1. The van der Waals surface area contributed by atoms with Crippen LogP contribution in [0.15, 0.2) is 18.2 Å². The van der Waals surface area contributed by atoms with Crippen molar-refractivity contribution in [1.82, 2.24) is 10.3 Å². The Morgan fingerprint density at radius 1 is 1.26 bits per heavy atom. The Kier molecular flexibility index (Phi) is 4.22. The lowest BCUT2D eigenvalue weighted by Crippen LogP contribution is -2.17. The van der Waals surface area contributed by atoms with Crippen LogP contribution in [-0.4, -0.2) is 19.1 Å². The van der Waals surface area contributed by atoms with Crippen LogP contribution in [0.2, 0.25) is 0 Å². The molecule has 0 amide bonds. The van der Waals surface area contributed by atoms with Gasteiger partial charge in [0, 0.05) is 4.88 Å². The third kappa shape index (κ3) is 2.80. The van der Waals surface area contributed by atoms with Crippen molar-refractivity contribution in [2.45, 2.75) is 26.8 Å². The zero-order chi connectivity index (χ0) is 14.0. The molecule has 2 rings (SSSR count). The van der Waals surface area contributed by atoms with Crippen molar-refractivity contribution in [3.63, 3.8) is 0 Å². The number of aromatic nitrogens is 1. The number of benzene rings is 1. The Morgan fingerprint density at radius 2 is 2.00 bits per heavy atom. The number of rotatable bonds is 4. The molecule has 0 fully saturated rings. The molecule has 1 N–H and O–H groups in total. The van der Waals surface area contributed by atoms with Gasteiger partial charge in [0.1, 0.15) is 10.8 Å². The van der Waals surface area contributed by atoms with Crippen molar-refractivity contribution in [3.05, 3.63) is 44.9 Å². The maximum absolute atomic E-state index is 5.31. The van der Waals surface area contributed by atoms with Gasteiger partial charge in [0.2, 0.25) is 0 Å². The van der Waals surface area contributed by atoms with E-state index in [0.29, 0.717) is 0 Å². The van der Waals surface area contributed by atoms with Crippen LogP contribution in [0.1, 0.15) is 32.7 Å². The van der Waals surface area contributed by atoms with Crippen LogP contribution in [0.4, 0.5) is 0 Å². The summed E-state index contributed by atoms with van der Waals surface area (Å²) in [5.74, 6) is 0.921. The Morgan fingerprint density at radius 3 is 2.47 bits per heavy atom. The standard InChI is InChI=1S/C15H20N2OS/c1-9-8-12(6-7-13(9)18-5)14(16-4)15-17-10(2)11(3)19-15/h6-8,14,16H,1-5H3. The summed E-state index contributed by atoms with van der Waals surface area (Å²) in [6, 6.07) is 6.41. The molecule has 102 valence electrons. The van der Waals surface area contributed by atoms with Crippen LogP contribution in [0, 0.1) is 20.8 Å². The molecule has 0 radical (unpaired) electrons. The van der Waals surface area contributed by atoms with E-state index in [1.165, 1.54) is 10.4 Å². The largest absolute Gasteiger partial charge is 0.496 e. The van der Waals surface area contributed by atoms with Crippen molar-refractivity contribution in [2.24, 2.45) is 0 Å². The molecule has 4 heteroatoms. The topological polar surface area (TPSA) is 34.1 Å². The first-order valence-corrected chi connectivity index (χ1v) is 7.14. The van der Waals surface area contributed by atoms with E-state index in [9.17, 15) is 0 Å². The summed E-state index contributed by atoms with van der Waals surface area (Å²) in [6.07, 6.45) is 0. The summed E-state index contributed by atoms with van der Waals surface area (Å²) in [7, 11) is 3.67. The van der Waals surface area contributed by atoms with Crippen LogP contribution >= 0.6 is 11.3 Å². The fraction of sp³-hybridized carbons (Fsp3) is 0.400. The molecule has 1 aromatic heterocycles. The maximum Gasteiger partial charge on any atom is 0.121 e. The molecule has 0 aliphatic heterocycles. The molecule has 1 aromatic carbocycles. The average Bonchev–Trinajstić information content (AvgIpc) is 2.70. The fourth-order valence-corrected chi connectivity index (χ4v) is 3.20. The van der Waals surface area contributed by atoms with Gasteiger partial charge in [-0.1, -0.05) is 12.1 Å². The van der Waals surface area contributed by atoms with Crippen LogP contribution < -0.4 is 10.1 Å². The highest BCUT2D eigenvalue weighted by Crippen LogP contribution is 2.30. The minimum absolute atomic E-state index is 0.141. The second-order valence-corrected chi connectivity index (χ2v) is 5.88. The smallest absolute Gasteiger partial charge is 0.121 e. The average molecular weight is 276 g/mol. The predicted octanol–water partition coefficient (Wildman–Crippen LogP) is 3.39. The molecule has 0 saturated carbocycles. The summed E-state index contributed by atoms with van der Waals surface area (Å²) >= 11 is 1.75. The first-order valence-electron chi connectivity index (χ1n) is 6.32. The molecule has 1 heterocycles. The summed E-state index contributed by atoms with van der Waals surface area (Å²) in [4.78, 5) is 5.93. The molecule has 0 aliphatic rings. The number of nitrogens with one attached hydrogen (secondary N) is 1. The maximum atomic E-state index is 5.31. The molecule has 0 spiro atoms. The number of methoxy groups -OCH3 is 1. The van der Waals surface area contributed by atoms with Crippen molar-refractivity contribution in [1.29, 1.82) is 0 Å². The fourth-order valence-electron chi connectivity index (χ4n) is 2.13. The van der Waals surface area contributed by atoms with Crippen LogP contribution in [0.3, 0.4) is 0 Å². The zero-order valence-corrected chi connectivity index (χ0v) is 12.9.